The molecule has 1 aromatic rings. The first kappa shape index (κ1) is 18.0. The Morgan fingerprint density at radius 3 is 2.59 bits per heavy atom. The number of para-hydroxylation sites is 1. The van der Waals surface area contributed by atoms with E-state index < -0.39 is 0 Å². The van der Waals surface area contributed by atoms with Gasteiger partial charge in [0.1, 0.15) is 0 Å². The van der Waals surface area contributed by atoms with Crippen LogP contribution < -0.4 is 5.32 Å². The molecule has 0 spiro atoms. The lowest BCUT2D eigenvalue weighted by atomic mass is 10.0. The smallest absolute Gasteiger partial charge is 0.0420 e. The zero-order valence-electron chi connectivity index (χ0n) is 14.3. The predicted molar refractivity (Wildman–Crippen MR) is 101 cm³/mol. The van der Waals surface area contributed by atoms with Crippen molar-refractivity contribution in [1.29, 1.82) is 0 Å². The lowest BCUT2D eigenvalue weighted by Gasteiger charge is -2.16. The summed E-state index contributed by atoms with van der Waals surface area (Å²) in [6, 6.07) is 8.82. The fourth-order valence-electron chi connectivity index (χ4n) is 2.26. The van der Waals surface area contributed by atoms with Crippen LogP contribution >= 0.6 is 0 Å². The fraction of sp³-hybridized carbons (Fsp3) is 0.333. The fourth-order valence-corrected chi connectivity index (χ4v) is 2.26. The largest absolute Gasteiger partial charge is 0.379 e. The van der Waals surface area contributed by atoms with Crippen molar-refractivity contribution in [2.75, 3.05) is 5.32 Å². The van der Waals surface area contributed by atoms with E-state index in [1.165, 1.54) is 16.8 Å². The van der Waals surface area contributed by atoms with Gasteiger partial charge in [0.25, 0.3) is 0 Å². The van der Waals surface area contributed by atoms with Gasteiger partial charge in [0.05, 0.1) is 0 Å². The molecule has 0 radical (unpaired) electrons. The first-order valence-corrected chi connectivity index (χ1v) is 8.12. The minimum Gasteiger partial charge on any atom is -0.379 e. The second-order valence-electron chi connectivity index (χ2n) is 5.42. The predicted octanol–water partition coefficient (Wildman–Crippen LogP) is 6.38. The van der Waals surface area contributed by atoms with Gasteiger partial charge in [0, 0.05) is 17.3 Å². The molecule has 0 amide bonds. The molecule has 1 aromatic carbocycles. The number of nitrogens with one attached hydrogen (secondary N) is 1. The highest BCUT2D eigenvalue weighted by Gasteiger charge is 2.05. The van der Waals surface area contributed by atoms with Crippen LogP contribution in [0.4, 0.5) is 5.69 Å². The van der Waals surface area contributed by atoms with Crippen molar-refractivity contribution in [3.63, 3.8) is 0 Å². The highest BCUT2D eigenvalue weighted by atomic mass is 14.9. The summed E-state index contributed by atoms with van der Waals surface area (Å²) in [6.45, 7) is 8.45. The molecule has 1 nitrogen and oxygen atoms in total. The van der Waals surface area contributed by atoms with Crippen LogP contribution in [0.25, 0.3) is 5.57 Å². The van der Waals surface area contributed by atoms with E-state index in [2.05, 4.69) is 86.8 Å². The molecule has 1 N–H and O–H groups in total. The molecule has 0 aliphatic heterocycles. The number of hydrogen-bond acceptors (Lipinski definition) is 1. The number of anilines is 1. The number of hydrogen-bond donors (Lipinski definition) is 1. The van der Waals surface area contributed by atoms with Gasteiger partial charge in [-0.15, -0.1) is 0 Å². The average Bonchev–Trinajstić information content (AvgIpc) is 2.52. The molecule has 0 aliphatic rings. The molecule has 0 heterocycles. The van der Waals surface area contributed by atoms with Crippen molar-refractivity contribution in [2.24, 2.45) is 0 Å². The summed E-state index contributed by atoms with van der Waals surface area (Å²) in [5.41, 5.74) is 3.81. The highest BCUT2D eigenvalue weighted by molar-refractivity contribution is 5.75. The first-order chi connectivity index (χ1) is 10.7. The Labute approximate surface area is 136 Å². The lowest BCUT2D eigenvalue weighted by molar-refractivity contribution is 0.996. The van der Waals surface area contributed by atoms with Crippen LogP contribution in [0, 0.1) is 0 Å². The quantitative estimate of drug-likeness (QED) is 0.333. The van der Waals surface area contributed by atoms with Crippen molar-refractivity contribution < 1.29 is 0 Å². The third-order valence-corrected chi connectivity index (χ3v) is 3.46. The summed E-state index contributed by atoms with van der Waals surface area (Å²) in [4.78, 5) is 0. The Kier molecular flexibility index (Phi) is 8.74. The third-order valence-electron chi connectivity index (χ3n) is 3.46. The van der Waals surface area contributed by atoms with Gasteiger partial charge in [-0.1, -0.05) is 60.7 Å². The molecule has 1 heteroatoms. The molecule has 118 valence electrons. The summed E-state index contributed by atoms with van der Waals surface area (Å²) in [7, 11) is 0. The Morgan fingerprint density at radius 1 is 1.09 bits per heavy atom. The zero-order valence-corrected chi connectivity index (χ0v) is 14.3. The molecule has 1 atom stereocenters. The maximum Gasteiger partial charge on any atom is 0.0420 e. The summed E-state index contributed by atoms with van der Waals surface area (Å²) in [5.74, 6) is 0. The molecule has 0 aromatic heterocycles. The molecule has 0 bridgehead atoms. The van der Waals surface area contributed by atoms with E-state index in [-0.39, 0.29) is 0 Å². The van der Waals surface area contributed by atoms with Crippen molar-refractivity contribution >= 4 is 11.3 Å². The SMILES string of the molecule is C/C=C\C=C/C(C)Nc1ccccc1/C(C)=C/CC/C=C/C. The second kappa shape index (κ2) is 10.7. The Morgan fingerprint density at radius 2 is 1.86 bits per heavy atom. The topological polar surface area (TPSA) is 12.0 Å². The molecule has 0 saturated carbocycles. The number of unbranched alkanes of at least 4 members (excludes halogenated alkanes) is 1. The lowest BCUT2D eigenvalue weighted by Crippen LogP contribution is -2.12. The van der Waals surface area contributed by atoms with Crippen LogP contribution in [0.1, 0.15) is 46.1 Å². The van der Waals surface area contributed by atoms with E-state index in [4.69, 9.17) is 0 Å². The molecular formula is C21H29N. The van der Waals surface area contributed by atoms with E-state index in [0.29, 0.717) is 6.04 Å². The molecule has 1 unspecified atom stereocenters. The van der Waals surface area contributed by atoms with Gasteiger partial charge in [0.2, 0.25) is 0 Å². The molecule has 0 fully saturated rings. The van der Waals surface area contributed by atoms with Gasteiger partial charge >= 0.3 is 0 Å². The van der Waals surface area contributed by atoms with Crippen molar-refractivity contribution in [1.82, 2.24) is 0 Å². The minimum atomic E-state index is 0.299. The van der Waals surface area contributed by atoms with Crippen LogP contribution in [0.15, 0.2) is 66.8 Å². The molecular weight excluding hydrogens is 266 g/mol. The van der Waals surface area contributed by atoms with Gasteiger partial charge in [-0.05, 0) is 52.2 Å². The van der Waals surface area contributed by atoms with Crippen LogP contribution in [0.5, 0.6) is 0 Å². The normalized spacial score (nSPS) is 14.3. The van der Waals surface area contributed by atoms with E-state index in [9.17, 15) is 0 Å². The van der Waals surface area contributed by atoms with E-state index in [1.54, 1.807) is 0 Å². The van der Waals surface area contributed by atoms with Crippen LogP contribution in [0.3, 0.4) is 0 Å². The second-order valence-corrected chi connectivity index (χ2v) is 5.42. The highest BCUT2D eigenvalue weighted by Crippen LogP contribution is 2.24. The molecule has 22 heavy (non-hydrogen) atoms. The number of benzene rings is 1. The summed E-state index contributed by atoms with van der Waals surface area (Å²) >= 11 is 0. The Bertz CT molecular complexity index is 547. The first-order valence-electron chi connectivity index (χ1n) is 8.12. The van der Waals surface area contributed by atoms with Gasteiger partial charge in [0.15, 0.2) is 0 Å². The maximum atomic E-state index is 3.58. The summed E-state index contributed by atoms with van der Waals surface area (Å²) in [6.07, 6.45) is 17.2. The Balaban J connectivity index is 2.80. The van der Waals surface area contributed by atoms with Gasteiger partial charge in [-0.2, -0.15) is 0 Å². The van der Waals surface area contributed by atoms with E-state index in [1.807, 2.05) is 13.0 Å². The monoisotopic (exact) mass is 295 g/mol. The van der Waals surface area contributed by atoms with Crippen LogP contribution in [-0.2, 0) is 0 Å². The van der Waals surface area contributed by atoms with Crippen molar-refractivity contribution in [3.05, 3.63) is 72.4 Å². The minimum absolute atomic E-state index is 0.299. The Hall–Kier alpha value is -2.02. The van der Waals surface area contributed by atoms with Gasteiger partial charge in [-0.25, -0.2) is 0 Å². The number of allylic oxidation sites excluding steroid dienone is 7. The molecule has 1 rings (SSSR count). The standard InChI is InChI=1S/C21H29N/c1-5-7-9-11-14-18(3)20-16-12-13-17-21(20)22-19(4)15-10-8-6-2/h5-8,10,12-17,19,22H,9,11H2,1-4H3/b7-5+,8-6-,15-10-,18-14+. The average molecular weight is 295 g/mol. The number of rotatable bonds is 8. The summed E-state index contributed by atoms with van der Waals surface area (Å²) in [5, 5.41) is 3.58. The van der Waals surface area contributed by atoms with Gasteiger partial charge in [-0.3, -0.25) is 0 Å². The summed E-state index contributed by atoms with van der Waals surface area (Å²) < 4.78 is 0. The third kappa shape index (κ3) is 6.62. The van der Waals surface area contributed by atoms with E-state index in [0.717, 1.165) is 12.8 Å². The van der Waals surface area contributed by atoms with Crippen molar-refractivity contribution in [3.8, 4) is 0 Å². The molecule has 0 aliphatic carbocycles. The van der Waals surface area contributed by atoms with Crippen LogP contribution in [-0.4, -0.2) is 6.04 Å². The van der Waals surface area contributed by atoms with E-state index >= 15 is 0 Å². The zero-order chi connectivity index (χ0) is 16.2. The molecule has 0 saturated heterocycles. The van der Waals surface area contributed by atoms with Crippen molar-refractivity contribution in [2.45, 2.75) is 46.6 Å². The van der Waals surface area contributed by atoms with Crippen LogP contribution in [0.2, 0.25) is 0 Å². The maximum absolute atomic E-state index is 3.58. The van der Waals surface area contributed by atoms with Gasteiger partial charge < -0.3 is 5.32 Å².